The number of aliphatic hydroxyl groups excluding tert-OH is 1. The monoisotopic (exact) mass is 427 g/mol. The third kappa shape index (κ3) is 3.03. The summed E-state index contributed by atoms with van der Waals surface area (Å²) in [6.07, 6.45) is 1.61. The van der Waals surface area contributed by atoms with Crippen LogP contribution in [0, 0.1) is 0 Å². The van der Waals surface area contributed by atoms with Crippen LogP contribution in [-0.4, -0.2) is 9.67 Å². The molecule has 0 aliphatic heterocycles. The van der Waals surface area contributed by atoms with E-state index in [1.54, 1.807) is 29.0 Å². The molecule has 0 spiro atoms. The van der Waals surface area contributed by atoms with Crippen LogP contribution in [0.3, 0.4) is 0 Å². The molecule has 1 aromatic heterocycles. The van der Waals surface area contributed by atoms with Crippen LogP contribution in [0.15, 0.2) is 58.0 Å². The summed E-state index contributed by atoms with van der Waals surface area (Å²) in [6, 6.07) is 7.88. The average Bonchev–Trinajstić information content (AvgIpc) is 2.83. The summed E-state index contributed by atoms with van der Waals surface area (Å²) < 4.78 is 66.2. The number of halogens is 6. The van der Waals surface area contributed by atoms with E-state index in [2.05, 4.69) is 15.9 Å². The Morgan fingerprint density at radius 2 is 1.58 bits per heavy atom. The van der Waals surface area contributed by atoms with E-state index in [0.29, 0.717) is 38.8 Å². The van der Waals surface area contributed by atoms with Crippen molar-refractivity contribution in [3.8, 4) is 5.69 Å². The van der Waals surface area contributed by atoms with Gasteiger partial charge in [0.15, 0.2) is 0 Å². The minimum atomic E-state index is -9.68. The number of benzene rings is 2. The quantitative estimate of drug-likeness (QED) is 0.471. The lowest BCUT2D eigenvalue weighted by Crippen LogP contribution is -2.06. The molecular formula is C15H11BrF5NOS. The van der Waals surface area contributed by atoms with Gasteiger partial charge in [0.2, 0.25) is 0 Å². The first-order chi connectivity index (χ1) is 10.9. The highest BCUT2D eigenvalue weighted by atomic mass is 79.9. The van der Waals surface area contributed by atoms with Crippen LogP contribution in [0.5, 0.6) is 0 Å². The largest absolute Gasteiger partial charge is 0.392 e. The maximum atomic E-state index is 12.8. The van der Waals surface area contributed by atoms with Crippen LogP contribution in [0.2, 0.25) is 0 Å². The first-order valence-electron chi connectivity index (χ1n) is 6.64. The Morgan fingerprint density at radius 1 is 0.958 bits per heavy atom. The van der Waals surface area contributed by atoms with Crippen molar-refractivity contribution in [2.24, 2.45) is 0 Å². The lowest BCUT2D eigenvalue weighted by molar-refractivity contribution is 0.283. The highest BCUT2D eigenvalue weighted by Gasteiger charge is 2.65. The Kier molecular flexibility index (Phi) is 3.41. The van der Waals surface area contributed by atoms with E-state index in [9.17, 15) is 24.5 Å². The predicted molar refractivity (Wildman–Crippen MR) is 88.3 cm³/mol. The molecule has 1 heterocycles. The van der Waals surface area contributed by atoms with Crippen LogP contribution in [0.25, 0.3) is 16.6 Å². The summed E-state index contributed by atoms with van der Waals surface area (Å²) >= 11 is 3.34. The predicted octanol–water partition coefficient (Wildman–Crippen LogP) is 6.54. The fourth-order valence-corrected chi connectivity index (χ4v) is 3.83. The molecule has 3 rings (SSSR count). The van der Waals surface area contributed by atoms with Crippen molar-refractivity contribution >= 4 is 37.1 Å². The van der Waals surface area contributed by atoms with Gasteiger partial charge < -0.3 is 9.67 Å². The molecule has 130 valence electrons. The Labute approximate surface area is 142 Å². The Bertz CT molecular complexity index is 935. The van der Waals surface area contributed by atoms with E-state index in [1.807, 2.05) is 0 Å². The Morgan fingerprint density at radius 3 is 2.12 bits per heavy atom. The van der Waals surface area contributed by atoms with E-state index in [0.717, 1.165) is 12.1 Å². The fraction of sp³-hybridized carbons (Fsp3) is 0.0667. The molecule has 0 amide bonds. The summed E-state index contributed by atoms with van der Waals surface area (Å²) in [7, 11) is -9.68. The van der Waals surface area contributed by atoms with Gasteiger partial charge in [0.25, 0.3) is 0 Å². The molecule has 0 aliphatic rings. The second kappa shape index (κ2) is 4.74. The number of rotatable bonds is 3. The Balaban J connectivity index is 2.17. The smallest absolute Gasteiger partial charge is 0.310 e. The molecule has 0 unspecified atom stereocenters. The molecule has 0 bridgehead atoms. The number of hydrogen-bond acceptors (Lipinski definition) is 1. The van der Waals surface area contributed by atoms with Gasteiger partial charge in [-0.25, -0.2) is 0 Å². The zero-order valence-electron chi connectivity index (χ0n) is 11.9. The Hall–Kier alpha value is -1.58. The summed E-state index contributed by atoms with van der Waals surface area (Å²) in [5.41, 5.74) is 1.57. The summed E-state index contributed by atoms with van der Waals surface area (Å²) in [5.74, 6) is 0. The maximum absolute atomic E-state index is 12.8. The van der Waals surface area contributed by atoms with E-state index in [4.69, 9.17) is 0 Å². The molecule has 1 N–H and O–H groups in total. The molecular weight excluding hydrogens is 417 g/mol. The van der Waals surface area contributed by atoms with Gasteiger partial charge in [-0.3, -0.25) is 0 Å². The van der Waals surface area contributed by atoms with Gasteiger partial charge in [0.05, 0.1) is 12.1 Å². The summed E-state index contributed by atoms with van der Waals surface area (Å²) in [6.45, 7) is -0.205. The second-order valence-corrected chi connectivity index (χ2v) is 8.54. The van der Waals surface area contributed by atoms with Crippen LogP contribution < -0.4 is 0 Å². The molecule has 0 fully saturated rings. The topological polar surface area (TPSA) is 25.2 Å². The number of hydrogen-bond donors (Lipinski definition) is 1. The van der Waals surface area contributed by atoms with E-state index >= 15 is 0 Å². The van der Waals surface area contributed by atoms with Gasteiger partial charge in [0.1, 0.15) is 4.90 Å². The van der Waals surface area contributed by atoms with Crippen LogP contribution in [0.4, 0.5) is 19.4 Å². The molecule has 0 radical (unpaired) electrons. The van der Waals surface area contributed by atoms with Gasteiger partial charge >= 0.3 is 10.2 Å². The van der Waals surface area contributed by atoms with Crippen molar-refractivity contribution in [1.82, 2.24) is 4.57 Å². The molecule has 0 saturated heterocycles. The van der Waals surface area contributed by atoms with Crippen LogP contribution >= 0.6 is 26.2 Å². The number of nitrogens with zero attached hydrogens (tertiary/aromatic N) is 1. The normalized spacial score (nSPS) is 15.3. The third-order valence-electron chi connectivity index (χ3n) is 3.60. The van der Waals surface area contributed by atoms with Crippen molar-refractivity contribution in [3.05, 3.63) is 58.7 Å². The molecule has 9 heteroatoms. The van der Waals surface area contributed by atoms with Crippen molar-refractivity contribution in [2.75, 3.05) is 0 Å². The summed E-state index contributed by atoms with van der Waals surface area (Å²) in [4.78, 5) is -1.93. The highest BCUT2D eigenvalue weighted by Crippen LogP contribution is 3.02. The highest BCUT2D eigenvalue weighted by molar-refractivity contribution is 9.10. The standard InChI is InChI=1S/C15H11BrF5NOS/c16-13-8-22(14-3-1-2-10(9-23)15(13)14)11-4-6-12(7-5-11)24(17,18,19,20)21/h1-8,23H,9H2. The number of aromatic nitrogens is 1. The first-order valence-corrected chi connectivity index (χ1v) is 9.39. The van der Waals surface area contributed by atoms with Crippen LogP contribution in [0.1, 0.15) is 5.56 Å². The van der Waals surface area contributed by atoms with E-state index in [-0.39, 0.29) is 6.61 Å². The zero-order chi connectivity index (χ0) is 17.8. The van der Waals surface area contributed by atoms with Gasteiger partial charge in [0, 0.05) is 21.7 Å². The summed E-state index contributed by atoms with van der Waals surface area (Å²) in [5, 5.41) is 10.1. The average molecular weight is 428 g/mol. The zero-order valence-corrected chi connectivity index (χ0v) is 14.3. The van der Waals surface area contributed by atoms with E-state index < -0.39 is 15.1 Å². The fourth-order valence-electron chi connectivity index (χ4n) is 2.52. The van der Waals surface area contributed by atoms with Crippen molar-refractivity contribution in [2.45, 2.75) is 11.5 Å². The lowest BCUT2D eigenvalue weighted by Gasteiger charge is -2.40. The van der Waals surface area contributed by atoms with Crippen molar-refractivity contribution in [1.29, 1.82) is 0 Å². The minimum absolute atomic E-state index is 0.205. The molecule has 3 aromatic rings. The van der Waals surface area contributed by atoms with Gasteiger partial charge in [-0.15, -0.1) is 0 Å². The SMILES string of the molecule is OCc1cccc2c1c(Br)cn2-c1ccc(S(F)(F)(F)(F)F)cc1. The van der Waals surface area contributed by atoms with Crippen molar-refractivity contribution in [3.63, 3.8) is 0 Å². The number of fused-ring (bicyclic) bond motifs is 1. The van der Waals surface area contributed by atoms with Gasteiger partial charge in [-0.1, -0.05) is 31.6 Å². The lowest BCUT2D eigenvalue weighted by atomic mass is 10.1. The van der Waals surface area contributed by atoms with Gasteiger partial charge in [-0.2, -0.15) is 0 Å². The third-order valence-corrected chi connectivity index (χ3v) is 5.36. The molecule has 2 aromatic carbocycles. The van der Waals surface area contributed by atoms with Crippen molar-refractivity contribution < 1.29 is 24.5 Å². The number of aliphatic hydroxyl groups is 1. The maximum Gasteiger partial charge on any atom is 0.310 e. The molecule has 0 aliphatic carbocycles. The van der Waals surface area contributed by atoms with Crippen LogP contribution in [-0.2, 0) is 6.61 Å². The molecule has 0 atom stereocenters. The second-order valence-electron chi connectivity index (χ2n) is 5.28. The minimum Gasteiger partial charge on any atom is -0.392 e. The molecule has 24 heavy (non-hydrogen) atoms. The van der Waals surface area contributed by atoms with Gasteiger partial charge in [-0.05, 0) is 51.8 Å². The molecule has 2 nitrogen and oxygen atoms in total. The first kappa shape index (κ1) is 17.2. The molecule has 0 saturated carbocycles. The van der Waals surface area contributed by atoms with E-state index in [1.165, 1.54) is 0 Å².